The van der Waals surface area contributed by atoms with Gasteiger partial charge in [-0.05, 0) is 99.5 Å². The molecule has 2 atom stereocenters. The Balaban J connectivity index is 1.22. The van der Waals surface area contributed by atoms with Crippen molar-refractivity contribution in [1.29, 1.82) is 0 Å². The summed E-state index contributed by atoms with van der Waals surface area (Å²) in [4.78, 5) is 40.1. The Bertz CT molecular complexity index is 1580. The topological polar surface area (TPSA) is 118 Å². The van der Waals surface area contributed by atoms with Gasteiger partial charge < -0.3 is 19.0 Å². The Morgan fingerprint density at radius 1 is 1.04 bits per heavy atom. The zero-order chi connectivity index (χ0) is 34.0. The number of amides is 2. The first-order valence-electron chi connectivity index (χ1n) is 17.6. The van der Waals surface area contributed by atoms with Crippen molar-refractivity contribution in [2.45, 2.75) is 115 Å². The van der Waals surface area contributed by atoms with Crippen LogP contribution >= 0.6 is 0 Å². The quantitative estimate of drug-likeness (QED) is 0.271. The average molecular weight is 659 g/mol. The van der Waals surface area contributed by atoms with E-state index in [0.29, 0.717) is 29.9 Å². The summed E-state index contributed by atoms with van der Waals surface area (Å²) in [6.07, 6.45) is 10.4. The first-order valence-corrected chi connectivity index (χ1v) is 17.6. The fourth-order valence-electron chi connectivity index (χ4n) is 7.39. The summed E-state index contributed by atoms with van der Waals surface area (Å²) >= 11 is 0. The monoisotopic (exact) mass is 658 g/mol. The second kappa shape index (κ2) is 14.3. The van der Waals surface area contributed by atoms with Crippen LogP contribution in [-0.2, 0) is 14.9 Å². The number of aryl methyl sites for hydroxylation is 1. The van der Waals surface area contributed by atoms with Crippen molar-refractivity contribution < 1.29 is 28.6 Å². The minimum Gasteiger partial charge on any atom is -0.496 e. The lowest BCUT2D eigenvalue weighted by molar-refractivity contribution is -0.138. The Hall–Kier alpha value is -3.92. The van der Waals surface area contributed by atoms with Crippen LogP contribution in [0.4, 0.5) is 10.6 Å². The maximum atomic E-state index is 14.4. The van der Waals surface area contributed by atoms with E-state index in [1.165, 1.54) is 10.5 Å². The Morgan fingerprint density at radius 2 is 1.79 bits per heavy atom. The first kappa shape index (κ1) is 34.0. The first-order chi connectivity index (χ1) is 23.0. The third-order valence-corrected chi connectivity index (χ3v) is 10.3. The lowest BCUT2D eigenvalue weighted by Gasteiger charge is -2.45. The van der Waals surface area contributed by atoms with Gasteiger partial charge in [0.05, 0.1) is 13.7 Å². The fraction of sp³-hybridized carbons (Fsp3) is 0.579. The van der Waals surface area contributed by atoms with Gasteiger partial charge in [-0.15, -0.1) is 0 Å². The molecule has 2 aliphatic carbocycles. The van der Waals surface area contributed by atoms with Crippen LogP contribution in [0.3, 0.4) is 0 Å². The van der Waals surface area contributed by atoms with Crippen LogP contribution in [0.15, 0.2) is 47.2 Å². The smallest absolute Gasteiger partial charge is 0.410 e. The van der Waals surface area contributed by atoms with Gasteiger partial charge in [0.15, 0.2) is 5.89 Å². The van der Waals surface area contributed by atoms with Gasteiger partial charge in [0, 0.05) is 23.7 Å². The number of carbonyl (C=O) groups excluding carboxylic acids is 2. The van der Waals surface area contributed by atoms with Crippen LogP contribution in [0.2, 0.25) is 0 Å². The third-order valence-electron chi connectivity index (χ3n) is 10.3. The Labute approximate surface area is 283 Å². The van der Waals surface area contributed by atoms with Crippen LogP contribution < -0.4 is 9.64 Å². The summed E-state index contributed by atoms with van der Waals surface area (Å²) < 4.78 is 17.1. The molecule has 10 nitrogen and oxygen atoms in total. The van der Waals surface area contributed by atoms with Gasteiger partial charge in [-0.3, -0.25) is 14.6 Å². The van der Waals surface area contributed by atoms with Crippen LogP contribution in [-0.4, -0.2) is 70.4 Å². The van der Waals surface area contributed by atoms with Gasteiger partial charge >= 0.3 is 6.09 Å². The predicted octanol–water partition coefficient (Wildman–Crippen LogP) is 7.17. The molecule has 2 aromatic heterocycles. The maximum Gasteiger partial charge on any atom is 0.410 e. The molecule has 1 N–H and O–H groups in total. The third kappa shape index (κ3) is 7.38. The molecule has 1 aliphatic heterocycles. The predicted molar refractivity (Wildman–Crippen MR) is 183 cm³/mol. The number of ether oxygens (including phenoxy) is 2. The molecular weight excluding hydrogens is 608 g/mol. The highest BCUT2D eigenvalue weighted by Gasteiger charge is 2.49. The molecule has 6 rings (SSSR count). The van der Waals surface area contributed by atoms with E-state index >= 15 is 0 Å². The normalized spacial score (nSPS) is 23.3. The summed E-state index contributed by atoms with van der Waals surface area (Å²) in [6.45, 7) is 8.71. The fourth-order valence-corrected chi connectivity index (χ4v) is 7.39. The lowest BCUT2D eigenvalue weighted by atomic mass is 9.78. The number of β-amino-alcohol motifs (C(OH)–C–C–N with tert-alkyl or cyclic N) is 1. The number of hydrogen-bond acceptors (Lipinski definition) is 8. The molecule has 3 heterocycles. The number of methoxy groups -OCH3 is 1. The van der Waals surface area contributed by atoms with Crippen molar-refractivity contribution in [1.82, 2.24) is 14.9 Å². The molecule has 48 heavy (non-hydrogen) atoms. The second-order valence-corrected chi connectivity index (χ2v) is 14.9. The van der Waals surface area contributed by atoms with Crippen molar-refractivity contribution in [2.75, 3.05) is 25.1 Å². The van der Waals surface area contributed by atoms with Crippen molar-refractivity contribution in [2.24, 2.45) is 5.92 Å². The number of aliphatic hydroxyl groups is 1. The van der Waals surface area contributed by atoms with E-state index < -0.39 is 18.2 Å². The van der Waals surface area contributed by atoms with E-state index in [2.05, 4.69) is 24.0 Å². The number of oxazole rings is 1. The molecule has 3 aliphatic rings. The van der Waals surface area contributed by atoms with Gasteiger partial charge in [0.2, 0.25) is 0 Å². The average Bonchev–Trinajstić information content (AvgIpc) is 3.58. The highest BCUT2D eigenvalue weighted by molar-refractivity contribution is 6.00. The maximum absolute atomic E-state index is 14.4. The molecule has 3 aromatic rings. The van der Waals surface area contributed by atoms with E-state index in [9.17, 15) is 14.7 Å². The number of likely N-dealkylation sites (tertiary alicyclic amines) is 1. The lowest BCUT2D eigenvalue weighted by Crippen LogP contribution is -2.68. The van der Waals surface area contributed by atoms with Crippen LogP contribution in [0.1, 0.15) is 101 Å². The van der Waals surface area contributed by atoms with E-state index in [-0.39, 0.29) is 29.9 Å². The molecule has 3 fully saturated rings. The van der Waals surface area contributed by atoms with E-state index in [1.807, 2.05) is 39.0 Å². The van der Waals surface area contributed by atoms with Crippen LogP contribution in [0.25, 0.3) is 11.3 Å². The number of benzene rings is 1. The van der Waals surface area contributed by atoms with E-state index in [4.69, 9.17) is 18.9 Å². The second-order valence-electron chi connectivity index (χ2n) is 14.9. The summed E-state index contributed by atoms with van der Waals surface area (Å²) in [7, 11) is 1.70. The Morgan fingerprint density at radius 3 is 2.44 bits per heavy atom. The molecule has 0 spiro atoms. The van der Waals surface area contributed by atoms with Crippen LogP contribution in [0, 0.1) is 12.8 Å². The summed E-state index contributed by atoms with van der Waals surface area (Å²) in [5.74, 6) is 2.31. The molecule has 0 radical (unpaired) electrons. The molecule has 2 saturated carbocycles. The minimum atomic E-state index is -1.02. The largest absolute Gasteiger partial charge is 0.496 e. The van der Waals surface area contributed by atoms with Crippen molar-refractivity contribution in [3.8, 4) is 17.0 Å². The van der Waals surface area contributed by atoms with E-state index in [0.717, 1.165) is 74.7 Å². The molecule has 10 heteroatoms. The van der Waals surface area contributed by atoms with Gasteiger partial charge in [-0.25, -0.2) is 14.8 Å². The summed E-state index contributed by atoms with van der Waals surface area (Å²) in [6, 6.07) is 9.11. The SMILES string of the molecule is COc1ccc(C2CCC(CN(C(=O)C3C(O)CN3C(=O)OC3CCCCC3)c3cc(-c4coc(C(C)(C)C)n4)ccn3)CC2)cc1C. The van der Waals surface area contributed by atoms with Crippen molar-refractivity contribution in [3.05, 3.63) is 59.8 Å². The molecule has 258 valence electrons. The molecular formula is C38H50N4O6. The minimum absolute atomic E-state index is 0.0736. The number of rotatable bonds is 8. The van der Waals surface area contributed by atoms with Gasteiger partial charge in [-0.2, -0.15) is 0 Å². The number of aliphatic hydroxyl groups excluding tert-OH is 1. The zero-order valence-corrected chi connectivity index (χ0v) is 29.0. The highest BCUT2D eigenvalue weighted by atomic mass is 16.6. The number of carbonyl (C=O) groups is 2. The number of hydrogen-bond donors (Lipinski definition) is 1. The number of aromatic nitrogens is 2. The van der Waals surface area contributed by atoms with Gasteiger partial charge in [-0.1, -0.05) is 39.3 Å². The van der Waals surface area contributed by atoms with Gasteiger partial charge in [0.1, 0.15) is 41.8 Å². The molecule has 2 amide bonds. The summed E-state index contributed by atoms with van der Waals surface area (Å²) in [5, 5.41) is 10.9. The molecule has 1 saturated heterocycles. The Kier molecular flexibility index (Phi) is 10.1. The standard InChI is InChI=1S/C38H50N4O6/c1-24-19-27(15-16-32(24)46-5)26-13-11-25(12-14-26)21-41(33-20-28(17-18-39-33)30-23-47-36(40-30)38(2,3)4)35(44)34-31(43)22-42(34)37(45)48-29-9-7-6-8-10-29/h15-20,23,25-26,29,31,34,43H,6-14,21-22H2,1-5H3. The van der Waals surface area contributed by atoms with Gasteiger partial charge in [0.25, 0.3) is 5.91 Å². The number of nitrogens with zero attached hydrogens (tertiary/aromatic N) is 4. The molecule has 2 unspecified atom stereocenters. The number of pyridine rings is 1. The zero-order valence-electron chi connectivity index (χ0n) is 29.0. The highest BCUT2D eigenvalue weighted by Crippen LogP contribution is 2.39. The molecule has 1 aromatic carbocycles. The number of anilines is 1. The molecule has 0 bridgehead atoms. The van der Waals surface area contributed by atoms with Crippen molar-refractivity contribution in [3.63, 3.8) is 0 Å². The van der Waals surface area contributed by atoms with Crippen molar-refractivity contribution >= 4 is 17.8 Å². The summed E-state index contributed by atoms with van der Waals surface area (Å²) in [5.41, 5.74) is 3.63. The van der Waals surface area contributed by atoms with Crippen LogP contribution in [0.5, 0.6) is 5.75 Å². The van der Waals surface area contributed by atoms with E-state index in [1.54, 1.807) is 24.5 Å².